The van der Waals surface area contributed by atoms with Gasteiger partial charge in [-0.15, -0.1) is 0 Å². The van der Waals surface area contributed by atoms with E-state index in [1.165, 1.54) is 6.42 Å². The first-order valence-electron chi connectivity index (χ1n) is 9.45. The maximum Gasteiger partial charge on any atom is 0.305 e. The van der Waals surface area contributed by atoms with Gasteiger partial charge in [0.05, 0.1) is 13.2 Å². The molecular formula is C19H34O5. The van der Waals surface area contributed by atoms with E-state index in [-0.39, 0.29) is 11.9 Å². The molecule has 0 unspecified atom stereocenters. The molecule has 0 bridgehead atoms. The largest absolute Gasteiger partial charge is 0.466 e. The molecule has 0 N–H and O–H groups in total. The Balaban J connectivity index is 3.29. The third kappa shape index (κ3) is 17.0. The zero-order valence-corrected chi connectivity index (χ0v) is 15.2. The Kier molecular flexibility index (Phi) is 16.9. The van der Waals surface area contributed by atoms with Gasteiger partial charge in [0.15, 0.2) is 0 Å². The zero-order valence-electron chi connectivity index (χ0n) is 15.2. The second-order valence-electron chi connectivity index (χ2n) is 6.08. The molecule has 5 heteroatoms. The highest BCUT2D eigenvalue weighted by molar-refractivity contribution is 5.69. The van der Waals surface area contributed by atoms with Gasteiger partial charge in [0.25, 0.3) is 0 Å². The Hall–Kier alpha value is -1.39. The van der Waals surface area contributed by atoms with Crippen molar-refractivity contribution in [3.05, 3.63) is 0 Å². The van der Waals surface area contributed by atoms with Crippen LogP contribution in [0.25, 0.3) is 0 Å². The highest BCUT2D eigenvalue weighted by atomic mass is 16.5. The average molecular weight is 342 g/mol. The highest BCUT2D eigenvalue weighted by Crippen LogP contribution is 2.06. The maximum absolute atomic E-state index is 11.5. The van der Waals surface area contributed by atoms with Gasteiger partial charge in [0.1, 0.15) is 6.29 Å². The summed E-state index contributed by atoms with van der Waals surface area (Å²) < 4.78 is 10.3. The molecule has 140 valence electrons. The van der Waals surface area contributed by atoms with Crippen LogP contribution in [0.2, 0.25) is 0 Å². The lowest BCUT2D eigenvalue weighted by atomic mass is 10.1. The summed E-state index contributed by atoms with van der Waals surface area (Å²) in [6.07, 6.45) is 11.8. The van der Waals surface area contributed by atoms with Crippen LogP contribution in [0.15, 0.2) is 0 Å². The van der Waals surface area contributed by atoms with Crippen LogP contribution in [0.4, 0.5) is 0 Å². The molecule has 0 spiro atoms. The Labute approximate surface area is 146 Å². The first-order chi connectivity index (χ1) is 11.7. The first-order valence-corrected chi connectivity index (χ1v) is 9.45. The zero-order chi connectivity index (χ0) is 17.9. The third-order valence-corrected chi connectivity index (χ3v) is 3.75. The van der Waals surface area contributed by atoms with Crippen molar-refractivity contribution in [1.82, 2.24) is 0 Å². The Morgan fingerprint density at radius 2 is 1.21 bits per heavy atom. The standard InChI is InChI=1S/C19H34O5/c1-2-3-4-8-13-18(21)24-17-12-7-9-14-19(22)23-16-11-6-5-10-15-20/h15H,2-14,16-17H2,1H3. The molecule has 0 atom stereocenters. The summed E-state index contributed by atoms with van der Waals surface area (Å²) >= 11 is 0. The van der Waals surface area contributed by atoms with Gasteiger partial charge < -0.3 is 14.3 Å². The summed E-state index contributed by atoms with van der Waals surface area (Å²) in [6.45, 7) is 3.02. The summed E-state index contributed by atoms with van der Waals surface area (Å²) in [5.41, 5.74) is 0. The van der Waals surface area contributed by atoms with E-state index in [1.54, 1.807) is 0 Å². The van der Waals surface area contributed by atoms with Gasteiger partial charge >= 0.3 is 11.9 Å². The number of hydrogen-bond acceptors (Lipinski definition) is 5. The number of rotatable bonds is 17. The quantitative estimate of drug-likeness (QED) is 0.223. The lowest BCUT2D eigenvalue weighted by Crippen LogP contribution is -2.07. The van der Waals surface area contributed by atoms with Crippen LogP contribution in [-0.4, -0.2) is 31.4 Å². The molecule has 0 amide bonds. The summed E-state index contributed by atoms with van der Waals surface area (Å²) in [5, 5.41) is 0. The van der Waals surface area contributed by atoms with Crippen LogP contribution >= 0.6 is 0 Å². The normalized spacial score (nSPS) is 10.4. The summed E-state index contributed by atoms with van der Waals surface area (Å²) in [7, 11) is 0. The molecule has 5 nitrogen and oxygen atoms in total. The van der Waals surface area contributed by atoms with Crippen molar-refractivity contribution in [3.63, 3.8) is 0 Å². The van der Waals surface area contributed by atoms with Crippen molar-refractivity contribution < 1.29 is 23.9 Å². The SMILES string of the molecule is CCCCCCC(=O)OCCCCCC(=O)OCCCCCC=O. The van der Waals surface area contributed by atoms with Gasteiger partial charge in [-0.1, -0.05) is 26.2 Å². The first kappa shape index (κ1) is 22.6. The van der Waals surface area contributed by atoms with Gasteiger partial charge in [0, 0.05) is 19.3 Å². The van der Waals surface area contributed by atoms with E-state index in [4.69, 9.17) is 9.47 Å². The van der Waals surface area contributed by atoms with Crippen LogP contribution < -0.4 is 0 Å². The van der Waals surface area contributed by atoms with Gasteiger partial charge in [0.2, 0.25) is 0 Å². The molecule has 0 heterocycles. The minimum Gasteiger partial charge on any atom is -0.466 e. The van der Waals surface area contributed by atoms with Gasteiger partial charge in [-0.2, -0.15) is 0 Å². The highest BCUT2D eigenvalue weighted by Gasteiger charge is 2.04. The fraction of sp³-hybridized carbons (Fsp3) is 0.842. The number of aldehydes is 1. The number of carbonyl (C=O) groups excluding carboxylic acids is 3. The molecule has 0 radical (unpaired) electrons. The molecule has 0 aliphatic carbocycles. The molecule has 24 heavy (non-hydrogen) atoms. The maximum atomic E-state index is 11.5. The summed E-state index contributed by atoms with van der Waals surface area (Å²) in [4.78, 5) is 33.1. The van der Waals surface area contributed by atoms with Gasteiger partial charge in [-0.25, -0.2) is 0 Å². The van der Waals surface area contributed by atoms with Crippen molar-refractivity contribution in [2.45, 2.75) is 90.4 Å². The summed E-state index contributed by atoms with van der Waals surface area (Å²) in [6, 6.07) is 0. The molecule has 0 aromatic carbocycles. The molecule has 0 saturated heterocycles. The van der Waals surface area contributed by atoms with E-state index >= 15 is 0 Å². The topological polar surface area (TPSA) is 69.7 Å². The minimum absolute atomic E-state index is 0.111. The fourth-order valence-corrected chi connectivity index (χ4v) is 2.27. The number of hydrogen-bond donors (Lipinski definition) is 0. The molecule has 0 fully saturated rings. The van der Waals surface area contributed by atoms with Crippen LogP contribution in [-0.2, 0) is 23.9 Å². The number of esters is 2. The molecule has 0 aromatic heterocycles. The molecule has 0 aliphatic rings. The predicted octanol–water partition coefficient (Wildman–Crippen LogP) is 4.36. The van der Waals surface area contributed by atoms with E-state index in [0.29, 0.717) is 32.5 Å². The lowest BCUT2D eigenvalue weighted by molar-refractivity contribution is -0.145. The van der Waals surface area contributed by atoms with Crippen molar-refractivity contribution in [2.75, 3.05) is 13.2 Å². The van der Waals surface area contributed by atoms with E-state index in [2.05, 4.69) is 6.92 Å². The fourth-order valence-electron chi connectivity index (χ4n) is 2.27. The average Bonchev–Trinajstić information content (AvgIpc) is 2.58. The second kappa shape index (κ2) is 18.0. The third-order valence-electron chi connectivity index (χ3n) is 3.75. The Morgan fingerprint density at radius 1 is 0.708 bits per heavy atom. The van der Waals surface area contributed by atoms with Crippen LogP contribution in [0.3, 0.4) is 0 Å². The van der Waals surface area contributed by atoms with Gasteiger partial charge in [-0.05, 0) is 44.9 Å². The summed E-state index contributed by atoms with van der Waals surface area (Å²) in [5.74, 6) is -0.279. The van der Waals surface area contributed by atoms with Crippen molar-refractivity contribution in [2.24, 2.45) is 0 Å². The monoisotopic (exact) mass is 342 g/mol. The van der Waals surface area contributed by atoms with E-state index in [9.17, 15) is 14.4 Å². The van der Waals surface area contributed by atoms with E-state index in [0.717, 1.165) is 64.1 Å². The smallest absolute Gasteiger partial charge is 0.305 e. The molecule has 0 aliphatic heterocycles. The molecule has 0 aromatic rings. The Bertz CT molecular complexity index is 328. The van der Waals surface area contributed by atoms with Gasteiger partial charge in [-0.3, -0.25) is 9.59 Å². The second-order valence-corrected chi connectivity index (χ2v) is 6.08. The van der Waals surface area contributed by atoms with E-state index < -0.39 is 0 Å². The molecule has 0 saturated carbocycles. The number of ether oxygens (including phenoxy) is 2. The molecular weight excluding hydrogens is 308 g/mol. The Morgan fingerprint density at radius 3 is 1.71 bits per heavy atom. The van der Waals surface area contributed by atoms with E-state index in [1.807, 2.05) is 0 Å². The molecule has 0 rings (SSSR count). The number of unbranched alkanes of at least 4 members (excludes halogenated alkanes) is 8. The van der Waals surface area contributed by atoms with Crippen LogP contribution in [0.1, 0.15) is 90.4 Å². The van der Waals surface area contributed by atoms with Crippen molar-refractivity contribution >= 4 is 18.2 Å². The van der Waals surface area contributed by atoms with Crippen LogP contribution in [0, 0.1) is 0 Å². The predicted molar refractivity (Wildman–Crippen MR) is 93.7 cm³/mol. The van der Waals surface area contributed by atoms with Crippen molar-refractivity contribution in [1.29, 1.82) is 0 Å². The lowest BCUT2D eigenvalue weighted by Gasteiger charge is -2.06. The van der Waals surface area contributed by atoms with Crippen molar-refractivity contribution in [3.8, 4) is 0 Å². The number of carbonyl (C=O) groups is 3. The minimum atomic E-state index is -0.168. The van der Waals surface area contributed by atoms with Crippen LogP contribution in [0.5, 0.6) is 0 Å².